The van der Waals surface area contributed by atoms with Crippen LogP contribution in [0.4, 0.5) is 0 Å². The normalized spacial score (nSPS) is 31.6. The lowest BCUT2D eigenvalue weighted by Crippen LogP contribution is -2.46. The molecule has 2 bridgehead atoms. The number of aromatic nitrogens is 1. The van der Waals surface area contributed by atoms with Crippen LogP contribution in [0.5, 0.6) is 0 Å². The molecule has 3 heterocycles. The molecule has 4 heteroatoms. The molecule has 2 aliphatic rings. The first-order valence-electron chi connectivity index (χ1n) is 6.12. The second-order valence-electron chi connectivity index (χ2n) is 4.91. The number of rotatable bonds is 1. The molecule has 90 valence electrons. The molecule has 3 rings (SSSR count). The van der Waals surface area contributed by atoms with E-state index in [0.29, 0.717) is 17.6 Å². The van der Waals surface area contributed by atoms with Crippen LogP contribution >= 0.6 is 11.6 Å². The highest BCUT2D eigenvalue weighted by Crippen LogP contribution is 2.38. The first-order valence-corrected chi connectivity index (χ1v) is 6.56. The third-order valence-electron chi connectivity index (χ3n) is 3.82. The van der Waals surface area contributed by atoms with Gasteiger partial charge in [0.15, 0.2) is 0 Å². The van der Waals surface area contributed by atoms with Gasteiger partial charge in [-0.1, -0.05) is 0 Å². The van der Waals surface area contributed by atoms with Crippen molar-refractivity contribution in [2.24, 2.45) is 0 Å². The second-order valence-corrected chi connectivity index (χ2v) is 5.53. The van der Waals surface area contributed by atoms with E-state index in [1.165, 1.54) is 0 Å². The molecule has 0 aliphatic carbocycles. The van der Waals surface area contributed by atoms with Gasteiger partial charge in [-0.05, 0) is 37.8 Å². The fraction of sp³-hybridized carbons (Fsp3) is 0.538. The van der Waals surface area contributed by atoms with Crippen molar-refractivity contribution in [1.82, 2.24) is 9.88 Å². The largest absolute Gasteiger partial charge is 0.333 e. The van der Waals surface area contributed by atoms with E-state index in [0.717, 1.165) is 25.7 Å². The predicted molar refractivity (Wildman–Crippen MR) is 66.1 cm³/mol. The summed E-state index contributed by atoms with van der Waals surface area (Å²) in [6.07, 6.45) is 7.40. The molecular weight excluding hydrogens is 236 g/mol. The van der Waals surface area contributed by atoms with Gasteiger partial charge in [-0.2, -0.15) is 0 Å². The Bertz CT molecular complexity index is 409. The molecule has 0 saturated carbocycles. The monoisotopic (exact) mass is 250 g/mol. The van der Waals surface area contributed by atoms with Crippen molar-refractivity contribution < 1.29 is 4.79 Å². The van der Waals surface area contributed by atoms with Crippen molar-refractivity contribution in [2.45, 2.75) is 43.1 Å². The fourth-order valence-electron chi connectivity index (χ4n) is 3.08. The van der Waals surface area contributed by atoms with Gasteiger partial charge in [0.1, 0.15) is 0 Å². The number of nitrogens with zero attached hydrogens (tertiary/aromatic N) is 2. The number of piperidine rings is 1. The number of hydrogen-bond acceptors (Lipinski definition) is 2. The maximum atomic E-state index is 12.4. The maximum absolute atomic E-state index is 12.4. The van der Waals surface area contributed by atoms with Crippen LogP contribution in [0.25, 0.3) is 0 Å². The molecule has 0 radical (unpaired) electrons. The van der Waals surface area contributed by atoms with Gasteiger partial charge in [0, 0.05) is 29.9 Å². The summed E-state index contributed by atoms with van der Waals surface area (Å²) in [5, 5.41) is 0.241. The third-order valence-corrected chi connectivity index (χ3v) is 4.17. The third kappa shape index (κ3) is 1.93. The van der Waals surface area contributed by atoms with Gasteiger partial charge >= 0.3 is 0 Å². The molecule has 0 spiro atoms. The van der Waals surface area contributed by atoms with E-state index < -0.39 is 0 Å². The minimum absolute atomic E-state index is 0.120. The van der Waals surface area contributed by atoms with Crippen LogP contribution in [0.1, 0.15) is 36.0 Å². The molecule has 0 aromatic carbocycles. The van der Waals surface area contributed by atoms with Gasteiger partial charge < -0.3 is 4.90 Å². The lowest BCUT2D eigenvalue weighted by Gasteiger charge is -2.37. The Labute approximate surface area is 106 Å². The van der Waals surface area contributed by atoms with Crippen LogP contribution in [0, 0.1) is 0 Å². The number of carbonyl (C=O) groups is 1. The summed E-state index contributed by atoms with van der Waals surface area (Å²) >= 11 is 6.21. The number of amides is 1. The number of hydrogen-bond donors (Lipinski definition) is 0. The van der Waals surface area contributed by atoms with Crippen molar-refractivity contribution in [3.8, 4) is 0 Å². The molecule has 2 atom stereocenters. The quantitative estimate of drug-likeness (QED) is 0.718. The average molecular weight is 251 g/mol. The van der Waals surface area contributed by atoms with Crippen molar-refractivity contribution >= 4 is 17.5 Å². The van der Waals surface area contributed by atoms with E-state index in [1.54, 1.807) is 12.4 Å². The SMILES string of the molecule is O=C(c1cccnc1)N1C2CCC1CC(Cl)C2. The zero-order valence-corrected chi connectivity index (χ0v) is 10.3. The lowest BCUT2D eigenvalue weighted by atomic mass is 10.0. The van der Waals surface area contributed by atoms with E-state index >= 15 is 0 Å². The first-order chi connectivity index (χ1) is 8.25. The predicted octanol–water partition coefficient (Wildman–Crippen LogP) is 2.46. The number of halogens is 1. The number of carbonyl (C=O) groups excluding carboxylic acids is 1. The molecule has 2 aliphatic heterocycles. The van der Waals surface area contributed by atoms with Gasteiger partial charge in [-0.15, -0.1) is 11.6 Å². The average Bonchev–Trinajstić information content (AvgIpc) is 2.62. The topological polar surface area (TPSA) is 33.2 Å². The zero-order chi connectivity index (χ0) is 11.8. The summed E-state index contributed by atoms with van der Waals surface area (Å²) in [6, 6.07) is 4.32. The van der Waals surface area contributed by atoms with Gasteiger partial charge in [-0.25, -0.2) is 0 Å². The summed E-state index contributed by atoms with van der Waals surface area (Å²) < 4.78 is 0. The van der Waals surface area contributed by atoms with Gasteiger partial charge in [0.2, 0.25) is 0 Å². The summed E-state index contributed by atoms with van der Waals surface area (Å²) in [7, 11) is 0. The Balaban J connectivity index is 1.84. The van der Waals surface area contributed by atoms with Gasteiger partial charge in [-0.3, -0.25) is 9.78 Å². The summed E-state index contributed by atoms with van der Waals surface area (Å²) in [5.74, 6) is 0.120. The standard InChI is InChI=1S/C13H15ClN2O/c14-10-6-11-3-4-12(7-10)16(11)13(17)9-2-1-5-15-8-9/h1-2,5,8,10-12H,3-4,6-7H2. The molecular formula is C13H15ClN2O. The van der Waals surface area contributed by atoms with E-state index in [-0.39, 0.29) is 11.3 Å². The number of alkyl halides is 1. The summed E-state index contributed by atoms with van der Waals surface area (Å²) in [6.45, 7) is 0. The van der Waals surface area contributed by atoms with Gasteiger partial charge in [0.25, 0.3) is 5.91 Å². The van der Waals surface area contributed by atoms with Crippen LogP contribution in [-0.2, 0) is 0 Å². The Hall–Kier alpha value is -1.09. The summed E-state index contributed by atoms with van der Waals surface area (Å²) in [4.78, 5) is 18.5. The highest BCUT2D eigenvalue weighted by molar-refractivity contribution is 6.20. The highest BCUT2D eigenvalue weighted by Gasteiger charge is 2.42. The second kappa shape index (κ2) is 4.30. The Morgan fingerprint density at radius 2 is 2.06 bits per heavy atom. The molecule has 1 aromatic rings. The van der Waals surface area contributed by atoms with Gasteiger partial charge in [0.05, 0.1) is 5.56 Å². The van der Waals surface area contributed by atoms with E-state index in [1.807, 2.05) is 17.0 Å². The molecule has 0 N–H and O–H groups in total. The van der Waals surface area contributed by atoms with Crippen LogP contribution in [-0.4, -0.2) is 33.3 Å². The summed E-state index contributed by atoms with van der Waals surface area (Å²) in [5.41, 5.74) is 0.692. The Kier molecular flexibility index (Phi) is 2.79. The lowest BCUT2D eigenvalue weighted by molar-refractivity contribution is 0.0599. The van der Waals surface area contributed by atoms with Crippen molar-refractivity contribution in [3.63, 3.8) is 0 Å². The van der Waals surface area contributed by atoms with E-state index in [4.69, 9.17) is 11.6 Å². The smallest absolute Gasteiger partial charge is 0.255 e. The molecule has 2 saturated heterocycles. The number of pyridine rings is 1. The molecule has 1 aromatic heterocycles. The van der Waals surface area contributed by atoms with E-state index in [2.05, 4.69) is 4.98 Å². The highest BCUT2D eigenvalue weighted by atomic mass is 35.5. The zero-order valence-electron chi connectivity index (χ0n) is 9.55. The Morgan fingerprint density at radius 3 is 2.65 bits per heavy atom. The molecule has 2 unspecified atom stereocenters. The Morgan fingerprint density at radius 1 is 1.35 bits per heavy atom. The minimum atomic E-state index is 0.120. The number of fused-ring (bicyclic) bond motifs is 2. The van der Waals surface area contributed by atoms with Crippen molar-refractivity contribution in [3.05, 3.63) is 30.1 Å². The van der Waals surface area contributed by atoms with Crippen LogP contribution in [0.2, 0.25) is 0 Å². The van der Waals surface area contributed by atoms with Crippen LogP contribution in [0.3, 0.4) is 0 Å². The molecule has 3 nitrogen and oxygen atoms in total. The molecule has 1 amide bonds. The van der Waals surface area contributed by atoms with Crippen LogP contribution < -0.4 is 0 Å². The molecule has 2 fully saturated rings. The van der Waals surface area contributed by atoms with Crippen molar-refractivity contribution in [1.29, 1.82) is 0 Å². The fourth-order valence-corrected chi connectivity index (χ4v) is 3.49. The minimum Gasteiger partial charge on any atom is -0.333 e. The first kappa shape index (κ1) is 11.0. The molecule has 17 heavy (non-hydrogen) atoms. The maximum Gasteiger partial charge on any atom is 0.255 e. The van der Waals surface area contributed by atoms with E-state index in [9.17, 15) is 4.79 Å². The van der Waals surface area contributed by atoms with Crippen molar-refractivity contribution in [2.75, 3.05) is 0 Å². The van der Waals surface area contributed by atoms with Crippen LogP contribution in [0.15, 0.2) is 24.5 Å².